The molecule has 0 saturated carbocycles. The highest BCUT2D eigenvalue weighted by molar-refractivity contribution is 5.75. The van der Waals surface area contributed by atoms with Gasteiger partial charge >= 0.3 is 5.97 Å². The fourth-order valence-corrected chi connectivity index (χ4v) is 2.54. The Morgan fingerprint density at radius 3 is 2.75 bits per heavy atom. The number of hydrogen-bond donors (Lipinski definition) is 5. The SMILES string of the molecule is C=C[C@@H]1C[C@H](C(=O)O)NC1[C@H](CNCCO)NC(C)=O. The van der Waals surface area contributed by atoms with E-state index < -0.39 is 12.0 Å². The van der Waals surface area contributed by atoms with E-state index in [2.05, 4.69) is 22.5 Å². The number of aliphatic carboxylic acids is 1. The van der Waals surface area contributed by atoms with Crippen LogP contribution in [0.4, 0.5) is 0 Å². The number of amides is 1. The predicted molar refractivity (Wildman–Crippen MR) is 74.2 cm³/mol. The Labute approximate surface area is 118 Å². The molecular weight excluding hydrogens is 262 g/mol. The van der Waals surface area contributed by atoms with Gasteiger partial charge in [0, 0.05) is 26.1 Å². The van der Waals surface area contributed by atoms with Gasteiger partial charge in [-0.25, -0.2) is 0 Å². The van der Waals surface area contributed by atoms with Gasteiger partial charge in [0.15, 0.2) is 0 Å². The van der Waals surface area contributed by atoms with Crippen LogP contribution in [-0.2, 0) is 9.59 Å². The zero-order chi connectivity index (χ0) is 15.1. The van der Waals surface area contributed by atoms with Crippen LogP contribution in [0.2, 0.25) is 0 Å². The molecule has 1 aliphatic heterocycles. The number of rotatable bonds is 8. The third-order valence-electron chi connectivity index (χ3n) is 3.44. The summed E-state index contributed by atoms with van der Waals surface area (Å²) in [5.74, 6) is -1.10. The van der Waals surface area contributed by atoms with Crippen molar-refractivity contribution in [2.45, 2.75) is 31.5 Å². The second-order valence-electron chi connectivity index (χ2n) is 4.95. The molecule has 0 aliphatic carbocycles. The quantitative estimate of drug-likeness (QED) is 0.280. The largest absolute Gasteiger partial charge is 0.480 e. The molecule has 1 amide bonds. The summed E-state index contributed by atoms with van der Waals surface area (Å²) in [5.41, 5.74) is 0. The molecule has 0 aromatic rings. The first kappa shape index (κ1) is 16.6. The molecular formula is C13H23N3O4. The van der Waals surface area contributed by atoms with Gasteiger partial charge in [0.05, 0.1) is 12.6 Å². The zero-order valence-corrected chi connectivity index (χ0v) is 11.6. The molecule has 1 fully saturated rings. The second kappa shape index (κ2) is 7.98. The molecule has 114 valence electrons. The summed E-state index contributed by atoms with van der Waals surface area (Å²) in [7, 11) is 0. The topological polar surface area (TPSA) is 111 Å². The van der Waals surface area contributed by atoms with Crippen molar-refractivity contribution in [2.24, 2.45) is 5.92 Å². The normalized spacial score (nSPS) is 27.0. The van der Waals surface area contributed by atoms with Crippen LogP contribution < -0.4 is 16.0 Å². The highest BCUT2D eigenvalue weighted by Crippen LogP contribution is 2.24. The smallest absolute Gasteiger partial charge is 0.320 e. The lowest BCUT2D eigenvalue weighted by Gasteiger charge is -2.28. The first-order valence-corrected chi connectivity index (χ1v) is 6.69. The average molecular weight is 285 g/mol. The third-order valence-corrected chi connectivity index (χ3v) is 3.44. The number of aliphatic hydroxyl groups excluding tert-OH is 1. The van der Waals surface area contributed by atoms with Crippen LogP contribution in [0.25, 0.3) is 0 Å². The monoisotopic (exact) mass is 285 g/mol. The van der Waals surface area contributed by atoms with Crippen molar-refractivity contribution in [3.8, 4) is 0 Å². The van der Waals surface area contributed by atoms with Gasteiger partial charge in [-0.2, -0.15) is 0 Å². The molecule has 0 aromatic carbocycles. The second-order valence-corrected chi connectivity index (χ2v) is 4.95. The van der Waals surface area contributed by atoms with E-state index in [0.29, 0.717) is 19.5 Å². The van der Waals surface area contributed by atoms with E-state index in [1.165, 1.54) is 6.92 Å². The fraction of sp³-hybridized carbons (Fsp3) is 0.692. The van der Waals surface area contributed by atoms with Crippen LogP contribution >= 0.6 is 0 Å². The number of carboxylic acids is 1. The maximum atomic E-state index is 11.3. The summed E-state index contributed by atoms with van der Waals surface area (Å²) in [6.45, 7) is 6.04. The molecule has 0 bridgehead atoms. The lowest BCUT2D eigenvalue weighted by Crippen LogP contribution is -2.55. The Morgan fingerprint density at radius 1 is 1.55 bits per heavy atom. The van der Waals surface area contributed by atoms with Crippen molar-refractivity contribution in [1.82, 2.24) is 16.0 Å². The summed E-state index contributed by atoms with van der Waals surface area (Å²) in [4.78, 5) is 22.4. The maximum Gasteiger partial charge on any atom is 0.320 e. The van der Waals surface area contributed by atoms with Crippen LogP contribution in [0.3, 0.4) is 0 Å². The van der Waals surface area contributed by atoms with Gasteiger partial charge in [0.2, 0.25) is 5.91 Å². The number of hydrogen-bond acceptors (Lipinski definition) is 5. The van der Waals surface area contributed by atoms with Crippen molar-refractivity contribution in [1.29, 1.82) is 0 Å². The van der Waals surface area contributed by atoms with Gasteiger partial charge < -0.3 is 20.8 Å². The van der Waals surface area contributed by atoms with Gasteiger partial charge in [-0.1, -0.05) is 6.08 Å². The van der Waals surface area contributed by atoms with Gasteiger partial charge in [-0.15, -0.1) is 6.58 Å². The summed E-state index contributed by atoms with van der Waals surface area (Å²) >= 11 is 0. The van der Waals surface area contributed by atoms with E-state index in [4.69, 9.17) is 10.2 Å². The standard InChI is InChI=1S/C13H23N3O4/c1-3-9-6-10(13(19)20)16-12(9)11(15-8(2)18)7-14-4-5-17/h3,9-12,14,16-17H,1,4-7H2,2H3,(H,15,18)(H,19,20)/t9-,10-,11+,12?/m1/s1. The summed E-state index contributed by atoms with van der Waals surface area (Å²) < 4.78 is 0. The number of carboxylic acid groups (broad SMARTS) is 1. The summed E-state index contributed by atoms with van der Waals surface area (Å²) in [6.07, 6.45) is 2.18. The number of aliphatic hydroxyl groups is 1. The fourth-order valence-electron chi connectivity index (χ4n) is 2.54. The third kappa shape index (κ3) is 4.59. The van der Waals surface area contributed by atoms with Gasteiger partial charge in [0.1, 0.15) is 6.04 Å². The van der Waals surface area contributed by atoms with Crippen molar-refractivity contribution in [3.63, 3.8) is 0 Å². The molecule has 1 aliphatic rings. The Morgan fingerprint density at radius 2 is 2.25 bits per heavy atom. The molecule has 0 spiro atoms. The van der Waals surface area contributed by atoms with Crippen molar-refractivity contribution >= 4 is 11.9 Å². The summed E-state index contributed by atoms with van der Waals surface area (Å²) in [5, 5.41) is 26.7. The molecule has 7 nitrogen and oxygen atoms in total. The van der Waals surface area contributed by atoms with Gasteiger partial charge in [0.25, 0.3) is 0 Å². The molecule has 7 heteroatoms. The molecule has 4 atom stereocenters. The number of carbonyl (C=O) groups excluding carboxylic acids is 1. The lowest BCUT2D eigenvalue weighted by molar-refractivity contribution is -0.139. The number of carbonyl (C=O) groups is 2. The van der Waals surface area contributed by atoms with Crippen LogP contribution in [0.15, 0.2) is 12.7 Å². The number of nitrogens with one attached hydrogen (secondary N) is 3. The molecule has 1 saturated heterocycles. The first-order chi connectivity index (χ1) is 9.49. The highest BCUT2D eigenvalue weighted by Gasteiger charge is 2.39. The van der Waals surface area contributed by atoms with E-state index in [0.717, 1.165) is 0 Å². The van der Waals surface area contributed by atoms with Crippen molar-refractivity contribution < 1.29 is 19.8 Å². The van der Waals surface area contributed by atoms with E-state index in [1.54, 1.807) is 6.08 Å². The zero-order valence-electron chi connectivity index (χ0n) is 11.6. The Bertz CT molecular complexity index is 362. The molecule has 0 radical (unpaired) electrons. The molecule has 1 rings (SSSR count). The minimum Gasteiger partial charge on any atom is -0.480 e. The van der Waals surface area contributed by atoms with E-state index in [-0.39, 0.29) is 30.5 Å². The lowest BCUT2D eigenvalue weighted by atomic mass is 9.93. The Hall–Kier alpha value is -1.44. The Balaban J connectivity index is 2.73. The van der Waals surface area contributed by atoms with Gasteiger partial charge in [-0.3, -0.25) is 14.9 Å². The first-order valence-electron chi connectivity index (χ1n) is 6.69. The maximum absolute atomic E-state index is 11.3. The summed E-state index contributed by atoms with van der Waals surface area (Å²) in [6, 6.07) is -1.08. The van der Waals surface area contributed by atoms with E-state index >= 15 is 0 Å². The molecule has 1 heterocycles. The van der Waals surface area contributed by atoms with Crippen LogP contribution in [0.1, 0.15) is 13.3 Å². The molecule has 5 N–H and O–H groups in total. The Kier molecular flexibility index (Phi) is 6.63. The van der Waals surface area contributed by atoms with Crippen molar-refractivity contribution in [2.75, 3.05) is 19.7 Å². The molecule has 0 aromatic heterocycles. The minimum absolute atomic E-state index is 0.00746. The van der Waals surface area contributed by atoms with Gasteiger partial charge in [-0.05, 0) is 12.3 Å². The highest BCUT2D eigenvalue weighted by atomic mass is 16.4. The molecule has 1 unspecified atom stereocenters. The van der Waals surface area contributed by atoms with Crippen LogP contribution in [0.5, 0.6) is 0 Å². The van der Waals surface area contributed by atoms with E-state index in [9.17, 15) is 9.59 Å². The average Bonchev–Trinajstić information content (AvgIpc) is 2.81. The van der Waals surface area contributed by atoms with Crippen LogP contribution in [0, 0.1) is 5.92 Å². The van der Waals surface area contributed by atoms with Crippen LogP contribution in [-0.4, -0.2) is 59.9 Å². The minimum atomic E-state index is -0.899. The predicted octanol–water partition coefficient (Wildman–Crippen LogP) is -1.31. The van der Waals surface area contributed by atoms with E-state index in [1.807, 2.05) is 0 Å². The molecule has 20 heavy (non-hydrogen) atoms. The van der Waals surface area contributed by atoms with Crippen molar-refractivity contribution in [3.05, 3.63) is 12.7 Å².